The molecule has 0 spiro atoms. The van der Waals surface area contributed by atoms with Gasteiger partial charge in [0, 0.05) is 36.6 Å². The van der Waals surface area contributed by atoms with Gasteiger partial charge in [0.1, 0.15) is 5.52 Å². The summed E-state index contributed by atoms with van der Waals surface area (Å²) in [5.41, 5.74) is 2.49. The van der Waals surface area contributed by atoms with Gasteiger partial charge in [0.25, 0.3) is 0 Å². The van der Waals surface area contributed by atoms with Crippen LogP contribution in [-0.2, 0) is 6.54 Å². The van der Waals surface area contributed by atoms with Gasteiger partial charge in [-0.3, -0.25) is 14.8 Å². The highest BCUT2D eigenvalue weighted by molar-refractivity contribution is 6.01. The quantitative estimate of drug-likeness (QED) is 0.595. The van der Waals surface area contributed by atoms with Crippen LogP contribution in [-0.4, -0.2) is 14.5 Å². The van der Waals surface area contributed by atoms with E-state index in [9.17, 15) is 4.79 Å². The van der Waals surface area contributed by atoms with E-state index in [1.807, 2.05) is 23.6 Å². The highest BCUT2D eigenvalue weighted by Gasteiger charge is 2.07. The summed E-state index contributed by atoms with van der Waals surface area (Å²) in [7, 11) is 0. The fraction of sp³-hybridized carbons (Fsp3) is 0.154. The summed E-state index contributed by atoms with van der Waals surface area (Å²) in [6.07, 6.45) is 5.11. The first kappa shape index (κ1) is 9.96. The van der Waals surface area contributed by atoms with E-state index >= 15 is 0 Å². The number of rotatable bonds is 1. The first-order valence-corrected chi connectivity index (χ1v) is 5.54. The van der Waals surface area contributed by atoms with Crippen LogP contribution in [0, 0.1) is 0 Å². The van der Waals surface area contributed by atoms with Gasteiger partial charge in [-0.05, 0) is 19.1 Å². The molecule has 0 radical (unpaired) electrons. The van der Waals surface area contributed by atoms with E-state index in [2.05, 4.69) is 9.97 Å². The van der Waals surface area contributed by atoms with Crippen molar-refractivity contribution < 1.29 is 0 Å². The topological polar surface area (TPSA) is 47.8 Å². The molecule has 3 rings (SSSR count). The Hall–Kier alpha value is -2.23. The van der Waals surface area contributed by atoms with Crippen molar-refractivity contribution in [3.63, 3.8) is 0 Å². The minimum absolute atomic E-state index is 0.0252. The summed E-state index contributed by atoms with van der Waals surface area (Å²) >= 11 is 0. The monoisotopic (exact) mass is 225 g/mol. The molecule has 0 saturated heterocycles. The van der Waals surface area contributed by atoms with Crippen molar-refractivity contribution in [2.45, 2.75) is 13.5 Å². The maximum atomic E-state index is 11.8. The molecule has 3 aromatic rings. The Bertz CT molecular complexity index is 761. The normalized spacial score (nSPS) is 11.1. The van der Waals surface area contributed by atoms with E-state index in [0.717, 1.165) is 23.1 Å². The second-order valence-corrected chi connectivity index (χ2v) is 3.85. The standard InChI is InChI=1S/C13H11N3O/c1-2-16-8-5-11(17)9-3-4-10-12(13(9)16)15-7-6-14-10/h3-8H,2H2,1H3. The van der Waals surface area contributed by atoms with Crippen molar-refractivity contribution >= 4 is 21.9 Å². The lowest BCUT2D eigenvalue weighted by molar-refractivity contribution is 0.789. The molecular weight excluding hydrogens is 214 g/mol. The van der Waals surface area contributed by atoms with Gasteiger partial charge in [0.05, 0.1) is 11.0 Å². The predicted octanol–water partition coefficient (Wildman–Crippen LogP) is 1.96. The maximum Gasteiger partial charge on any atom is 0.189 e. The van der Waals surface area contributed by atoms with Crippen LogP contribution in [0.1, 0.15) is 6.92 Å². The van der Waals surface area contributed by atoms with Crippen molar-refractivity contribution in [2.75, 3.05) is 0 Å². The molecule has 0 aliphatic carbocycles. The Morgan fingerprint density at radius 1 is 1.18 bits per heavy atom. The lowest BCUT2D eigenvalue weighted by Gasteiger charge is -2.09. The molecule has 17 heavy (non-hydrogen) atoms. The molecule has 0 fully saturated rings. The second-order valence-electron chi connectivity index (χ2n) is 3.85. The summed E-state index contributed by atoms with van der Waals surface area (Å²) < 4.78 is 2.02. The van der Waals surface area contributed by atoms with Crippen molar-refractivity contribution in [1.82, 2.24) is 14.5 Å². The van der Waals surface area contributed by atoms with Crippen molar-refractivity contribution in [3.8, 4) is 0 Å². The van der Waals surface area contributed by atoms with E-state index in [4.69, 9.17) is 0 Å². The van der Waals surface area contributed by atoms with Crippen LogP contribution in [0.5, 0.6) is 0 Å². The minimum atomic E-state index is 0.0252. The molecule has 0 bridgehead atoms. The number of nitrogens with zero attached hydrogens (tertiary/aromatic N) is 3. The predicted molar refractivity (Wildman–Crippen MR) is 67.0 cm³/mol. The maximum absolute atomic E-state index is 11.8. The molecule has 2 heterocycles. The molecule has 0 aliphatic rings. The van der Waals surface area contributed by atoms with Crippen LogP contribution in [0.15, 0.2) is 41.6 Å². The fourth-order valence-corrected chi connectivity index (χ4v) is 2.10. The van der Waals surface area contributed by atoms with E-state index in [0.29, 0.717) is 5.39 Å². The Labute approximate surface area is 97.6 Å². The average molecular weight is 225 g/mol. The van der Waals surface area contributed by atoms with E-state index in [1.54, 1.807) is 24.7 Å². The molecule has 0 unspecified atom stereocenters. The molecule has 0 saturated carbocycles. The zero-order valence-electron chi connectivity index (χ0n) is 9.42. The second kappa shape index (κ2) is 3.66. The first-order valence-electron chi connectivity index (χ1n) is 5.54. The number of aromatic nitrogens is 3. The Kier molecular flexibility index (Phi) is 2.14. The summed E-state index contributed by atoms with van der Waals surface area (Å²) in [4.78, 5) is 20.4. The van der Waals surface area contributed by atoms with Crippen LogP contribution in [0.25, 0.3) is 21.9 Å². The lowest BCUT2D eigenvalue weighted by Crippen LogP contribution is -2.08. The largest absolute Gasteiger partial charge is 0.346 e. The Balaban J connectivity index is 2.64. The number of pyridine rings is 1. The third-order valence-corrected chi connectivity index (χ3v) is 2.91. The van der Waals surface area contributed by atoms with Crippen LogP contribution in [0.2, 0.25) is 0 Å². The van der Waals surface area contributed by atoms with Gasteiger partial charge in [-0.25, -0.2) is 0 Å². The SMILES string of the molecule is CCn1ccc(=O)c2ccc3nccnc3c21. The molecule has 0 atom stereocenters. The summed E-state index contributed by atoms with van der Waals surface area (Å²) in [5, 5.41) is 0.697. The van der Waals surface area contributed by atoms with Gasteiger partial charge >= 0.3 is 0 Å². The van der Waals surface area contributed by atoms with Crippen molar-refractivity contribution in [2.24, 2.45) is 0 Å². The number of fused-ring (bicyclic) bond motifs is 3. The highest BCUT2D eigenvalue weighted by Crippen LogP contribution is 2.19. The number of hydrogen-bond acceptors (Lipinski definition) is 3. The van der Waals surface area contributed by atoms with Gasteiger partial charge in [0.15, 0.2) is 5.43 Å². The first-order chi connectivity index (χ1) is 8.31. The van der Waals surface area contributed by atoms with Gasteiger partial charge < -0.3 is 4.57 Å². The van der Waals surface area contributed by atoms with E-state index in [1.165, 1.54) is 0 Å². The molecule has 2 aromatic heterocycles. The molecule has 0 aliphatic heterocycles. The summed E-state index contributed by atoms with van der Waals surface area (Å²) in [6, 6.07) is 5.25. The smallest absolute Gasteiger partial charge is 0.189 e. The van der Waals surface area contributed by atoms with Crippen LogP contribution in [0.4, 0.5) is 0 Å². The number of benzene rings is 1. The van der Waals surface area contributed by atoms with Crippen LogP contribution >= 0.6 is 0 Å². The molecule has 4 nitrogen and oxygen atoms in total. The Morgan fingerprint density at radius 3 is 2.82 bits per heavy atom. The molecule has 84 valence electrons. The molecule has 4 heteroatoms. The van der Waals surface area contributed by atoms with Crippen molar-refractivity contribution in [3.05, 3.63) is 47.0 Å². The van der Waals surface area contributed by atoms with Crippen molar-refractivity contribution in [1.29, 1.82) is 0 Å². The summed E-state index contributed by atoms with van der Waals surface area (Å²) in [5.74, 6) is 0. The Morgan fingerprint density at radius 2 is 2.00 bits per heavy atom. The average Bonchev–Trinajstić information content (AvgIpc) is 2.39. The third-order valence-electron chi connectivity index (χ3n) is 2.91. The van der Waals surface area contributed by atoms with Gasteiger partial charge in [-0.15, -0.1) is 0 Å². The van der Waals surface area contributed by atoms with Gasteiger partial charge in [-0.2, -0.15) is 0 Å². The molecular formula is C13H11N3O. The summed E-state index contributed by atoms with van der Waals surface area (Å²) in [6.45, 7) is 2.84. The van der Waals surface area contributed by atoms with E-state index < -0.39 is 0 Å². The minimum Gasteiger partial charge on any atom is -0.346 e. The lowest BCUT2D eigenvalue weighted by atomic mass is 10.1. The zero-order chi connectivity index (χ0) is 11.8. The number of hydrogen-bond donors (Lipinski definition) is 0. The van der Waals surface area contributed by atoms with E-state index in [-0.39, 0.29) is 5.43 Å². The van der Waals surface area contributed by atoms with Crippen LogP contribution in [0.3, 0.4) is 0 Å². The molecule has 0 N–H and O–H groups in total. The highest BCUT2D eigenvalue weighted by atomic mass is 16.1. The molecule has 0 amide bonds. The van der Waals surface area contributed by atoms with Crippen LogP contribution < -0.4 is 5.43 Å². The zero-order valence-corrected chi connectivity index (χ0v) is 9.42. The van der Waals surface area contributed by atoms with Gasteiger partial charge in [-0.1, -0.05) is 0 Å². The number of aryl methyl sites for hydroxylation is 1. The fourth-order valence-electron chi connectivity index (χ4n) is 2.10. The van der Waals surface area contributed by atoms with Gasteiger partial charge in [0.2, 0.25) is 0 Å². The molecule has 1 aromatic carbocycles. The third kappa shape index (κ3) is 1.41.